The highest BCUT2D eigenvalue weighted by molar-refractivity contribution is 5.42. The average molecular weight is 367 g/mol. The molecule has 0 aliphatic rings. The van der Waals surface area contributed by atoms with E-state index in [9.17, 15) is 5.11 Å². The molecule has 0 radical (unpaired) electrons. The highest BCUT2D eigenvalue weighted by atomic mass is 16.3. The third-order valence-corrected chi connectivity index (χ3v) is 3.23. The predicted molar refractivity (Wildman–Crippen MR) is 129 cm³/mol. The molecule has 0 rings (SSSR count). The molecule has 0 aromatic carbocycles. The van der Waals surface area contributed by atoms with Crippen LogP contribution < -0.4 is 0 Å². The minimum Gasteiger partial charge on any atom is -0.412 e. The first-order chi connectivity index (χ1) is 11.9. The van der Waals surface area contributed by atoms with Gasteiger partial charge in [-0.3, -0.25) is 0 Å². The first-order valence-corrected chi connectivity index (χ1v) is 8.18. The van der Waals surface area contributed by atoms with E-state index in [0.717, 1.165) is 12.8 Å². The van der Waals surface area contributed by atoms with Gasteiger partial charge in [0, 0.05) is 11.4 Å². The Bertz CT molecular complexity index is 720. The van der Waals surface area contributed by atoms with Gasteiger partial charge >= 0.3 is 0 Å². The molecular weight excluding hydrogens is 320 g/mol. The van der Waals surface area contributed by atoms with Gasteiger partial charge < -0.3 is 10.6 Å². The van der Waals surface area contributed by atoms with Crippen LogP contribution in [0.5, 0.6) is 0 Å². The molecule has 0 heterocycles. The second-order valence-corrected chi connectivity index (χ2v) is 5.55. The van der Waals surface area contributed by atoms with Crippen molar-refractivity contribution in [3.63, 3.8) is 0 Å². The molecule has 154 valence electrons. The predicted octanol–water partition coefficient (Wildman–Crippen LogP) is 5.49. The van der Waals surface area contributed by atoms with Crippen LogP contribution in [0.1, 0.15) is 65.8 Å². The van der Waals surface area contributed by atoms with Crippen LogP contribution in [0, 0.1) is 65.1 Å². The Morgan fingerprint density at radius 3 is 1.65 bits per heavy atom. The Hall–Kier alpha value is -2.80. The minimum atomic E-state index is -0.735. The van der Waals surface area contributed by atoms with E-state index in [0.29, 0.717) is 0 Å². The average Bonchev–Trinajstić information content (AvgIpc) is 2.58. The molecule has 0 aliphatic carbocycles. The second kappa shape index (κ2) is 18.5. The number of rotatable bonds is 5. The second-order valence-electron chi connectivity index (χ2n) is 5.55. The number of hydrogen-bond donors (Lipinski definition) is 1. The minimum absolute atomic E-state index is 0. The molecule has 0 fully saturated rings. The fraction of sp³-hybridized carbons (Fsp3) is 0.417. The van der Waals surface area contributed by atoms with Crippen molar-refractivity contribution < 1.29 is 22.0 Å². The summed E-state index contributed by atoms with van der Waals surface area (Å²) >= 11 is 0. The number of allylic oxidation sites excluding steroid dienone is 2. The highest BCUT2D eigenvalue weighted by Crippen LogP contribution is 2.25. The van der Waals surface area contributed by atoms with E-state index >= 15 is 0 Å². The quantitative estimate of drug-likeness (QED) is 0.507. The third-order valence-electron chi connectivity index (χ3n) is 3.23. The lowest BCUT2D eigenvalue weighted by atomic mass is 9.84. The Balaban J connectivity index is -0.0000000274. The summed E-state index contributed by atoms with van der Waals surface area (Å²) in [6.07, 6.45) is 5.72. The first kappa shape index (κ1) is 28.0. The van der Waals surface area contributed by atoms with Crippen LogP contribution in [0.2, 0.25) is 0 Å². The topological polar surface area (TPSA) is 51.7 Å². The standard InChI is InChI=1S/C12H22O.C12H6.H2O.8H2/c1-6-11(9-8-10(3)4)12(5,13)7-2;1-3-5-7-9-11-12-10-8-6-4-2;;;;;;;;;/h7-8,11,13H,2,6,9H2,1,3-5H3;1-2H3;1H2;8*1H. The van der Waals surface area contributed by atoms with Crippen LogP contribution in [0.3, 0.4) is 0 Å². The van der Waals surface area contributed by atoms with E-state index in [2.05, 4.69) is 92.6 Å². The summed E-state index contributed by atoms with van der Waals surface area (Å²) in [6.45, 7) is 15.2. The van der Waals surface area contributed by atoms with Gasteiger partial charge in [0.15, 0.2) is 0 Å². The molecule has 0 aromatic rings. The smallest absolute Gasteiger partial charge is 0.0827 e. The van der Waals surface area contributed by atoms with Crippen molar-refractivity contribution in [3.8, 4) is 59.2 Å². The maximum atomic E-state index is 9.95. The molecule has 3 N–H and O–H groups in total. The van der Waals surface area contributed by atoms with Gasteiger partial charge in [-0.15, -0.1) is 6.58 Å². The van der Waals surface area contributed by atoms with Crippen molar-refractivity contribution >= 4 is 0 Å². The molecule has 0 saturated heterocycles. The van der Waals surface area contributed by atoms with Gasteiger partial charge in [-0.1, -0.05) is 36.5 Å². The lowest BCUT2D eigenvalue weighted by Crippen LogP contribution is -2.31. The summed E-state index contributed by atoms with van der Waals surface area (Å²) in [4.78, 5) is 0. The maximum Gasteiger partial charge on any atom is 0.0827 e. The van der Waals surface area contributed by atoms with Crippen molar-refractivity contribution in [2.24, 2.45) is 5.92 Å². The zero-order chi connectivity index (χ0) is 19.6. The molecule has 2 unspecified atom stereocenters. The summed E-state index contributed by atoms with van der Waals surface area (Å²) in [5, 5.41) is 9.95. The Labute approximate surface area is 172 Å². The molecule has 2 atom stereocenters. The van der Waals surface area contributed by atoms with Gasteiger partial charge in [0.2, 0.25) is 0 Å². The molecule has 0 saturated carbocycles. The Morgan fingerprint density at radius 2 is 1.38 bits per heavy atom. The lowest BCUT2D eigenvalue weighted by Gasteiger charge is -2.28. The van der Waals surface area contributed by atoms with Crippen LogP contribution in [-0.2, 0) is 0 Å². The van der Waals surface area contributed by atoms with Crippen LogP contribution in [-0.4, -0.2) is 16.2 Å². The van der Waals surface area contributed by atoms with Gasteiger partial charge in [-0.25, -0.2) is 0 Å². The molecule has 0 aliphatic heterocycles. The summed E-state index contributed by atoms with van der Waals surface area (Å²) in [7, 11) is 0. The van der Waals surface area contributed by atoms with E-state index in [-0.39, 0.29) is 22.8 Å². The van der Waals surface area contributed by atoms with Crippen molar-refractivity contribution in [2.45, 2.75) is 60.0 Å². The number of hydrogen-bond acceptors (Lipinski definition) is 1. The van der Waals surface area contributed by atoms with E-state index in [4.69, 9.17) is 0 Å². The van der Waals surface area contributed by atoms with E-state index in [1.165, 1.54) is 5.57 Å². The van der Waals surface area contributed by atoms with Crippen molar-refractivity contribution in [2.75, 3.05) is 0 Å². The zero-order valence-electron chi connectivity index (χ0n) is 16.8. The first-order valence-electron chi connectivity index (χ1n) is 8.18. The monoisotopic (exact) mass is 366 g/mol. The maximum absolute atomic E-state index is 9.95. The fourth-order valence-corrected chi connectivity index (χ4v) is 1.68. The van der Waals surface area contributed by atoms with Crippen molar-refractivity contribution in [1.82, 2.24) is 0 Å². The van der Waals surface area contributed by atoms with Crippen LogP contribution >= 0.6 is 0 Å². The van der Waals surface area contributed by atoms with E-state index < -0.39 is 5.60 Å². The van der Waals surface area contributed by atoms with E-state index in [1.807, 2.05) is 6.92 Å². The van der Waals surface area contributed by atoms with E-state index in [1.54, 1.807) is 19.9 Å². The largest absolute Gasteiger partial charge is 0.412 e. The normalized spacial score (nSPS) is 10.4. The molecule has 0 spiro atoms. The molecule has 0 amide bonds. The molecule has 2 heteroatoms. The van der Waals surface area contributed by atoms with Crippen LogP contribution in [0.25, 0.3) is 0 Å². The lowest BCUT2D eigenvalue weighted by molar-refractivity contribution is 0.0456. The molecule has 0 aromatic heterocycles. The summed E-state index contributed by atoms with van der Waals surface area (Å²) in [6, 6.07) is 0. The summed E-state index contributed by atoms with van der Waals surface area (Å²) in [5.74, 6) is 25.8. The number of aliphatic hydroxyl groups is 1. The van der Waals surface area contributed by atoms with Crippen molar-refractivity contribution in [1.29, 1.82) is 0 Å². The summed E-state index contributed by atoms with van der Waals surface area (Å²) < 4.78 is 0. The molecule has 26 heavy (non-hydrogen) atoms. The van der Waals surface area contributed by atoms with Crippen LogP contribution in [0.15, 0.2) is 24.3 Å². The van der Waals surface area contributed by atoms with Crippen LogP contribution in [0.4, 0.5) is 0 Å². The summed E-state index contributed by atoms with van der Waals surface area (Å²) in [5.41, 5.74) is 0.569. The Kier molecular flexibility index (Phi) is 20.0. The molecular formula is C24H46O2. The van der Waals surface area contributed by atoms with Gasteiger partial charge in [-0.05, 0) is 101 Å². The molecule has 0 bridgehead atoms. The zero-order valence-corrected chi connectivity index (χ0v) is 16.8. The third kappa shape index (κ3) is 17.6. The van der Waals surface area contributed by atoms with Gasteiger partial charge in [0.25, 0.3) is 0 Å². The van der Waals surface area contributed by atoms with Gasteiger partial charge in [0.05, 0.1) is 5.60 Å². The fourth-order valence-electron chi connectivity index (χ4n) is 1.68. The van der Waals surface area contributed by atoms with Crippen molar-refractivity contribution in [3.05, 3.63) is 24.3 Å². The van der Waals surface area contributed by atoms with Gasteiger partial charge in [0.1, 0.15) is 0 Å². The highest BCUT2D eigenvalue weighted by Gasteiger charge is 2.25. The molecule has 2 nitrogen and oxygen atoms in total. The van der Waals surface area contributed by atoms with Gasteiger partial charge in [-0.2, -0.15) is 0 Å². The Morgan fingerprint density at radius 1 is 1.00 bits per heavy atom. The SMILES string of the molecule is C=CC(C)(O)C(CC)CC=C(C)C.CC#CC#CC#CC#CC#CC.O.[HH].[HH].[HH].[HH].[HH].[HH].[HH].[HH].